The van der Waals surface area contributed by atoms with Gasteiger partial charge in [0.2, 0.25) is 0 Å². The maximum Gasteiger partial charge on any atom is 0.119 e. The number of aldehydes is 2. The van der Waals surface area contributed by atoms with Crippen LogP contribution in [0.15, 0.2) is 0 Å². The van der Waals surface area contributed by atoms with E-state index in [0.29, 0.717) is 12.8 Å². The summed E-state index contributed by atoms with van der Waals surface area (Å²) in [5.74, 6) is 0. The standard InChI is InChI=1S/C14H27NO2/c16-13-9-5-1-3-7-11-15-12-8-4-2-6-10-14-17/h13-15H,1-12H2. The van der Waals surface area contributed by atoms with Crippen molar-refractivity contribution in [1.82, 2.24) is 5.32 Å². The molecule has 3 nitrogen and oxygen atoms in total. The van der Waals surface area contributed by atoms with Gasteiger partial charge in [-0.1, -0.05) is 25.7 Å². The van der Waals surface area contributed by atoms with E-state index in [2.05, 4.69) is 5.32 Å². The summed E-state index contributed by atoms with van der Waals surface area (Å²) in [6.07, 6.45) is 12.7. The van der Waals surface area contributed by atoms with Crippen LogP contribution in [0, 0.1) is 0 Å². The predicted octanol–water partition coefficient (Wildman–Crippen LogP) is 2.87. The van der Waals surface area contributed by atoms with Crippen LogP contribution in [0.3, 0.4) is 0 Å². The number of carbonyl (C=O) groups is 2. The van der Waals surface area contributed by atoms with Gasteiger partial charge in [-0.3, -0.25) is 0 Å². The molecule has 0 rings (SSSR count). The second-order valence-electron chi connectivity index (χ2n) is 4.49. The third-order valence-electron chi connectivity index (χ3n) is 2.85. The van der Waals surface area contributed by atoms with Crippen molar-refractivity contribution in [2.24, 2.45) is 0 Å². The summed E-state index contributed by atoms with van der Waals surface area (Å²) in [6.45, 7) is 2.19. The van der Waals surface area contributed by atoms with Crippen LogP contribution in [0.1, 0.15) is 64.2 Å². The van der Waals surface area contributed by atoms with Crippen LogP contribution in [0.4, 0.5) is 0 Å². The van der Waals surface area contributed by atoms with Crippen molar-refractivity contribution >= 4 is 12.6 Å². The van der Waals surface area contributed by atoms with Crippen molar-refractivity contribution in [3.05, 3.63) is 0 Å². The van der Waals surface area contributed by atoms with E-state index in [1.165, 1.54) is 38.5 Å². The largest absolute Gasteiger partial charge is 0.317 e. The fourth-order valence-corrected chi connectivity index (χ4v) is 1.79. The number of nitrogens with one attached hydrogen (secondary N) is 1. The normalized spacial score (nSPS) is 10.4. The molecule has 0 aliphatic heterocycles. The molecule has 0 aliphatic carbocycles. The Hall–Kier alpha value is -0.700. The lowest BCUT2D eigenvalue weighted by Gasteiger charge is -2.04. The van der Waals surface area contributed by atoms with Crippen LogP contribution >= 0.6 is 0 Å². The molecule has 0 aromatic rings. The Morgan fingerprint density at radius 3 is 1.41 bits per heavy atom. The number of hydrogen-bond donors (Lipinski definition) is 1. The van der Waals surface area contributed by atoms with Gasteiger partial charge in [-0.15, -0.1) is 0 Å². The zero-order valence-corrected chi connectivity index (χ0v) is 11.0. The van der Waals surface area contributed by atoms with E-state index < -0.39 is 0 Å². The molecule has 0 aliphatic rings. The second-order valence-corrected chi connectivity index (χ2v) is 4.49. The van der Waals surface area contributed by atoms with Crippen LogP contribution in [-0.4, -0.2) is 25.7 Å². The van der Waals surface area contributed by atoms with Crippen molar-refractivity contribution in [2.45, 2.75) is 64.2 Å². The van der Waals surface area contributed by atoms with Crippen LogP contribution in [0.5, 0.6) is 0 Å². The highest BCUT2D eigenvalue weighted by molar-refractivity contribution is 5.49. The molecule has 0 spiro atoms. The first-order valence-electron chi connectivity index (χ1n) is 7.00. The molecule has 0 unspecified atom stereocenters. The molecular formula is C14H27NO2. The average molecular weight is 241 g/mol. The SMILES string of the molecule is O=CCCCCCCNCCCCCCC=O. The summed E-state index contributed by atoms with van der Waals surface area (Å²) >= 11 is 0. The quantitative estimate of drug-likeness (QED) is 0.376. The number of hydrogen-bond acceptors (Lipinski definition) is 3. The zero-order chi connectivity index (χ0) is 12.6. The lowest BCUT2D eigenvalue weighted by Crippen LogP contribution is -2.16. The van der Waals surface area contributed by atoms with E-state index in [0.717, 1.165) is 38.5 Å². The highest BCUT2D eigenvalue weighted by Gasteiger charge is 1.92. The van der Waals surface area contributed by atoms with Crippen molar-refractivity contribution in [3.63, 3.8) is 0 Å². The molecule has 17 heavy (non-hydrogen) atoms. The third-order valence-corrected chi connectivity index (χ3v) is 2.85. The molecule has 0 saturated carbocycles. The van der Waals surface area contributed by atoms with Crippen LogP contribution in [-0.2, 0) is 9.59 Å². The van der Waals surface area contributed by atoms with Crippen molar-refractivity contribution in [3.8, 4) is 0 Å². The molecule has 0 bridgehead atoms. The summed E-state index contributed by atoms with van der Waals surface area (Å²) in [6, 6.07) is 0. The maximum atomic E-state index is 10.1. The fourth-order valence-electron chi connectivity index (χ4n) is 1.79. The van der Waals surface area contributed by atoms with E-state index in [4.69, 9.17) is 0 Å². The van der Waals surface area contributed by atoms with Crippen LogP contribution in [0.25, 0.3) is 0 Å². The highest BCUT2D eigenvalue weighted by atomic mass is 16.1. The monoisotopic (exact) mass is 241 g/mol. The predicted molar refractivity (Wildman–Crippen MR) is 71.2 cm³/mol. The maximum absolute atomic E-state index is 10.1. The van der Waals surface area contributed by atoms with Gasteiger partial charge in [0.25, 0.3) is 0 Å². The minimum atomic E-state index is 0.716. The Kier molecular flexibility index (Phi) is 14.7. The summed E-state index contributed by atoms with van der Waals surface area (Å²) in [5.41, 5.74) is 0. The second kappa shape index (κ2) is 15.3. The molecule has 0 heterocycles. The van der Waals surface area contributed by atoms with Gasteiger partial charge in [0.1, 0.15) is 12.6 Å². The Bertz CT molecular complexity index is 154. The average Bonchev–Trinajstić information content (AvgIpc) is 2.35. The zero-order valence-electron chi connectivity index (χ0n) is 11.0. The van der Waals surface area contributed by atoms with Crippen LogP contribution in [0.2, 0.25) is 0 Å². The van der Waals surface area contributed by atoms with Gasteiger partial charge in [-0.05, 0) is 38.8 Å². The van der Waals surface area contributed by atoms with E-state index in [9.17, 15) is 9.59 Å². The smallest absolute Gasteiger partial charge is 0.119 e. The number of unbranched alkanes of at least 4 members (excludes halogenated alkanes) is 8. The minimum Gasteiger partial charge on any atom is -0.317 e. The van der Waals surface area contributed by atoms with Gasteiger partial charge < -0.3 is 14.9 Å². The van der Waals surface area contributed by atoms with Crippen molar-refractivity contribution in [2.75, 3.05) is 13.1 Å². The van der Waals surface area contributed by atoms with Gasteiger partial charge >= 0.3 is 0 Å². The summed E-state index contributed by atoms with van der Waals surface area (Å²) in [4.78, 5) is 20.1. The fraction of sp³-hybridized carbons (Fsp3) is 0.857. The molecule has 0 radical (unpaired) electrons. The van der Waals surface area contributed by atoms with Gasteiger partial charge in [-0.2, -0.15) is 0 Å². The van der Waals surface area contributed by atoms with Gasteiger partial charge in [0.15, 0.2) is 0 Å². The summed E-state index contributed by atoms with van der Waals surface area (Å²) in [5, 5.41) is 3.43. The van der Waals surface area contributed by atoms with E-state index in [1.807, 2.05) is 0 Å². The molecule has 3 heteroatoms. The van der Waals surface area contributed by atoms with E-state index >= 15 is 0 Å². The lowest BCUT2D eigenvalue weighted by atomic mass is 10.1. The summed E-state index contributed by atoms with van der Waals surface area (Å²) in [7, 11) is 0. The highest BCUT2D eigenvalue weighted by Crippen LogP contribution is 2.02. The van der Waals surface area contributed by atoms with Crippen molar-refractivity contribution in [1.29, 1.82) is 0 Å². The molecule has 0 saturated heterocycles. The van der Waals surface area contributed by atoms with Crippen molar-refractivity contribution < 1.29 is 9.59 Å². The number of rotatable bonds is 14. The molecule has 0 amide bonds. The lowest BCUT2D eigenvalue weighted by molar-refractivity contribution is -0.108. The van der Waals surface area contributed by atoms with Gasteiger partial charge in [0, 0.05) is 12.8 Å². The van der Waals surface area contributed by atoms with E-state index in [-0.39, 0.29) is 0 Å². The van der Waals surface area contributed by atoms with E-state index in [1.54, 1.807) is 0 Å². The third kappa shape index (κ3) is 15.3. The first-order chi connectivity index (χ1) is 8.41. The molecule has 1 N–H and O–H groups in total. The molecule has 0 atom stereocenters. The van der Waals surface area contributed by atoms with Gasteiger partial charge in [-0.25, -0.2) is 0 Å². The first kappa shape index (κ1) is 16.3. The molecular weight excluding hydrogens is 214 g/mol. The Morgan fingerprint density at radius 1 is 0.588 bits per heavy atom. The number of carbonyl (C=O) groups excluding carboxylic acids is 2. The molecule has 0 aromatic heterocycles. The summed E-state index contributed by atoms with van der Waals surface area (Å²) < 4.78 is 0. The first-order valence-corrected chi connectivity index (χ1v) is 7.00. The van der Waals surface area contributed by atoms with Gasteiger partial charge in [0.05, 0.1) is 0 Å². The Morgan fingerprint density at radius 2 is 1.00 bits per heavy atom. The Labute approximate surface area is 105 Å². The molecule has 0 fully saturated rings. The topological polar surface area (TPSA) is 46.2 Å². The Balaban J connectivity index is 2.89. The molecule has 100 valence electrons. The molecule has 0 aromatic carbocycles. The minimum absolute atomic E-state index is 0.716. The van der Waals surface area contributed by atoms with Crippen LogP contribution < -0.4 is 5.32 Å².